The molecule has 1 unspecified atom stereocenters. The molecule has 0 radical (unpaired) electrons. The first-order valence-corrected chi connectivity index (χ1v) is 7.60. The Balaban J connectivity index is 1.91. The molecule has 1 aromatic heterocycles. The first-order chi connectivity index (χ1) is 9.74. The van der Waals surface area contributed by atoms with Gasteiger partial charge < -0.3 is 4.57 Å². The highest BCUT2D eigenvalue weighted by Gasteiger charge is 2.15. The van der Waals surface area contributed by atoms with Crippen molar-refractivity contribution in [2.45, 2.75) is 10.4 Å². The van der Waals surface area contributed by atoms with Crippen LogP contribution in [0.5, 0.6) is 0 Å². The Labute approximate surface area is 127 Å². The number of alkyl halides is 1. The third-order valence-corrected chi connectivity index (χ3v) is 4.43. The summed E-state index contributed by atoms with van der Waals surface area (Å²) < 4.78 is 2.02. The molecule has 1 aromatic carbocycles. The van der Waals surface area contributed by atoms with E-state index in [9.17, 15) is 0 Å². The minimum absolute atomic E-state index is 0.0134. The molecule has 3 nitrogen and oxygen atoms in total. The van der Waals surface area contributed by atoms with Crippen molar-refractivity contribution < 1.29 is 0 Å². The van der Waals surface area contributed by atoms with Crippen molar-refractivity contribution in [3.05, 3.63) is 48.8 Å². The molecule has 5 heteroatoms. The average Bonchev–Trinajstić information content (AvgIpc) is 2.84. The van der Waals surface area contributed by atoms with E-state index in [0.29, 0.717) is 6.54 Å². The molecule has 0 fully saturated rings. The van der Waals surface area contributed by atoms with E-state index in [-0.39, 0.29) is 5.38 Å². The lowest BCUT2D eigenvalue weighted by molar-refractivity contribution is 0.827. The maximum absolute atomic E-state index is 6.00. The first kappa shape index (κ1) is 13.5. The van der Waals surface area contributed by atoms with Gasteiger partial charge >= 0.3 is 0 Å². The Hall–Kier alpha value is -1.52. The summed E-state index contributed by atoms with van der Waals surface area (Å²) in [5, 5.41) is 2.08. The maximum atomic E-state index is 6.00. The van der Waals surface area contributed by atoms with Gasteiger partial charge in [-0.15, -0.1) is 11.6 Å². The lowest BCUT2D eigenvalue weighted by Gasteiger charge is -2.10. The summed E-state index contributed by atoms with van der Waals surface area (Å²) >= 11 is 7.63. The summed E-state index contributed by atoms with van der Waals surface area (Å²) in [7, 11) is 2.00. The second-order valence-electron chi connectivity index (χ2n) is 4.53. The molecular formula is C15H14ClN3S. The van der Waals surface area contributed by atoms with Gasteiger partial charge in [-0.3, -0.25) is 4.99 Å². The van der Waals surface area contributed by atoms with E-state index in [0.717, 1.165) is 21.3 Å². The maximum Gasteiger partial charge on any atom is 0.109 e. The van der Waals surface area contributed by atoms with Gasteiger partial charge in [0.2, 0.25) is 0 Å². The molecular weight excluding hydrogens is 290 g/mol. The summed E-state index contributed by atoms with van der Waals surface area (Å²) in [6.07, 6.45) is 5.80. The van der Waals surface area contributed by atoms with Crippen LogP contribution in [0.3, 0.4) is 0 Å². The molecule has 3 rings (SSSR count). The zero-order valence-electron chi connectivity index (χ0n) is 11.0. The summed E-state index contributed by atoms with van der Waals surface area (Å²) in [4.78, 5) is 8.98. The molecule has 0 amide bonds. The van der Waals surface area contributed by atoms with Crippen LogP contribution in [0.4, 0.5) is 0 Å². The van der Waals surface area contributed by atoms with Crippen LogP contribution in [-0.4, -0.2) is 26.5 Å². The Kier molecular flexibility index (Phi) is 3.94. The van der Waals surface area contributed by atoms with Gasteiger partial charge in [0.25, 0.3) is 0 Å². The molecule has 1 aliphatic rings. The van der Waals surface area contributed by atoms with E-state index < -0.39 is 0 Å². The van der Waals surface area contributed by atoms with Crippen LogP contribution in [0.2, 0.25) is 0 Å². The predicted molar refractivity (Wildman–Crippen MR) is 85.6 cm³/mol. The van der Waals surface area contributed by atoms with Crippen molar-refractivity contribution in [1.82, 2.24) is 9.55 Å². The number of aliphatic imine (C=N–C) groups is 1. The molecule has 0 N–H and O–H groups in total. The number of imidazole rings is 1. The normalized spacial score (nSPS) is 18.1. The third kappa shape index (κ3) is 2.81. The molecule has 0 saturated heterocycles. The van der Waals surface area contributed by atoms with Gasteiger partial charge in [0.1, 0.15) is 10.7 Å². The van der Waals surface area contributed by atoms with E-state index >= 15 is 0 Å². The highest BCUT2D eigenvalue weighted by Crippen LogP contribution is 2.31. The molecule has 0 bridgehead atoms. The fraction of sp³-hybridized carbons (Fsp3) is 0.200. The number of thioether (sulfide) groups is 1. The summed E-state index contributed by atoms with van der Waals surface area (Å²) in [6, 6.07) is 10.2. The molecule has 20 heavy (non-hydrogen) atoms. The van der Waals surface area contributed by atoms with Gasteiger partial charge in [0.15, 0.2) is 0 Å². The summed E-state index contributed by atoms with van der Waals surface area (Å²) in [5.74, 6) is 0. The third-order valence-electron chi connectivity index (χ3n) is 3.00. The lowest BCUT2D eigenvalue weighted by Crippen LogP contribution is -2.07. The van der Waals surface area contributed by atoms with E-state index in [1.54, 1.807) is 11.8 Å². The minimum atomic E-state index is 0.0134. The molecule has 1 atom stereocenters. The van der Waals surface area contributed by atoms with Crippen LogP contribution in [0.1, 0.15) is 0 Å². The molecule has 2 aromatic rings. The fourth-order valence-corrected chi connectivity index (χ4v) is 3.06. The predicted octanol–water partition coefficient (Wildman–Crippen LogP) is 3.75. The topological polar surface area (TPSA) is 30.2 Å². The van der Waals surface area contributed by atoms with Gasteiger partial charge in [0, 0.05) is 12.6 Å². The van der Waals surface area contributed by atoms with Crippen molar-refractivity contribution in [3.8, 4) is 11.3 Å². The molecule has 0 saturated carbocycles. The van der Waals surface area contributed by atoms with E-state index in [2.05, 4.69) is 22.1 Å². The second-order valence-corrected chi connectivity index (χ2v) is 6.10. The van der Waals surface area contributed by atoms with Crippen molar-refractivity contribution in [1.29, 1.82) is 0 Å². The number of hydrogen-bond acceptors (Lipinski definition) is 3. The van der Waals surface area contributed by atoms with Crippen LogP contribution in [0, 0.1) is 0 Å². The van der Waals surface area contributed by atoms with Crippen LogP contribution < -0.4 is 0 Å². The van der Waals surface area contributed by atoms with Crippen LogP contribution in [-0.2, 0) is 7.05 Å². The number of rotatable bonds is 2. The summed E-state index contributed by atoms with van der Waals surface area (Å²) in [5.41, 5.74) is 2.11. The zero-order valence-corrected chi connectivity index (χ0v) is 12.6. The number of hydrogen-bond donors (Lipinski definition) is 0. The highest BCUT2D eigenvalue weighted by molar-refractivity contribution is 8.14. The van der Waals surface area contributed by atoms with Crippen molar-refractivity contribution in [2.75, 3.05) is 6.54 Å². The van der Waals surface area contributed by atoms with E-state index in [1.165, 1.54) is 0 Å². The van der Waals surface area contributed by atoms with E-state index in [1.807, 2.05) is 48.3 Å². The highest BCUT2D eigenvalue weighted by atomic mass is 35.5. The second kappa shape index (κ2) is 5.85. The van der Waals surface area contributed by atoms with Crippen molar-refractivity contribution >= 4 is 28.4 Å². The summed E-state index contributed by atoms with van der Waals surface area (Å²) in [6.45, 7) is 0.638. The molecule has 1 aliphatic heterocycles. The number of halogens is 1. The van der Waals surface area contributed by atoms with Gasteiger partial charge in [-0.2, -0.15) is 0 Å². The van der Waals surface area contributed by atoms with Crippen molar-refractivity contribution in [3.63, 3.8) is 0 Å². The Morgan fingerprint density at radius 2 is 2.10 bits per heavy atom. The Morgan fingerprint density at radius 1 is 1.30 bits per heavy atom. The van der Waals surface area contributed by atoms with Gasteiger partial charge in [-0.05, 0) is 6.08 Å². The van der Waals surface area contributed by atoms with Crippen LogP contribution >= 0.6 is 23.4 Å². The molecule has 0 spiro atoms. The van der Waals surface area contributed by atoms with Crippen LogP contribution in [0.25, 0.3) is 11.3 Å². The molecule has 2 heterocycles. The minimum Gasteiger partial charge on any atom is -0.328 e. The lowest BCUT2D eigenvalue weighted by atomic mass is 10.2. The van der Waals surface area contributed by atoms with E-state index in [4.69, 9.17) is 11.6 Å². The number of nitrogens with zero attached hydrogens (tertiary/aromatic N) is 3. The molecule has 0 aliphatic carbocycles. The SMILES string of the molecule is Cn1cnc(-c2ccccc2)c1SC1=NCC(Cl)C=C1. The van der Waals surface area contributed by atoms with Gasteiger partial charge in [-0.25, -0.2) is 4.98 Å². The quantitative estimate of drug-likeness (QED) is 0.791. The number of aryl methyl sites for hydroxylation is 1. The number of benzene rings is 1. The average molecular weight is 304 g/mol. The Bertz CT molecular complexity index is 661. The number of aromatic nitrogens is 2. The number of dihydropyridines is 1. The Morgan fingerprint density at radius 3 is 2.80 bits per heavy atom. The van der Waals surface area contributed by atoms with Gasteiger partial charge in [-0.1, -0.05) is 48.2 Å². The first-order valence-electron chi connectivity index (χ1n) is 6.35. The van der Waals surface area contributed by atoms with Crippen molar-refractivity contribution in [2.24, 2.45) is 12.0 Å². The van der Waals surface area contributed by atoms with Crippen LogP contribution in [0.15, 0.2) is 58.8 Å². The smallest absolute Gasteiger partial charge is 0.109 e. The molecule has 102 valence electrons. The van der Waals surface area contributed by atoms with Gasteiger partial charge in [0.05, 0.1) is 23.3 Å². The zero-order chi connectivity index (χ0) is 13.9. The fourth-order valence-electron chi connectivity index (χ4n) is 1.98. The monoisotopic (exact) mass is 303 g/mol. The largest absolute Gasteiger partial charge is 0.328 e. The standard InChI is InChI=1S/C15H14ClN3S/c1-19-10-18-14(11-5-3-2-4-6-11)15(19)20-13-8-7-12(16)9-17-13/h2-8,10,12H,9H2,1H3.